The van der Waals surface area contributed by atoms with Gasteiger partial charge in [0.25, 0.3) is 5.91 Å². The average molecular weight is 368 g/mol. The third-order valence-electron chi connectivity index (χ3n) is 3.76. The molecule has 5 atom stereocenters. The highest BCUT2D eigenvalue weighted by Crippen LogP contribution is 2.24. The molecule has 9 nitrogen and oxygen atoms in total. The van der Waals surface area contributed by atoms with E-state index in [9.17, 15) is 20.1 Å². The van der Waals surface area contributed by atoms with Gasteiger partial charge in [0.15, 0.2) is 0 Å². The maximum Gasteiger partial charge on any atom is 0.271 e. The van der Waals surface area contributed by atoms with Gasteiger partial charge in [-0.2, -0.15) is 5.10 Å². The lowest BCUT2D eigenvalue weighted by molar-refractivity contribution is -0.277. The van der Waals surface area contributed by atoms with E-state index in [2.05, 4.69) is 10.5 Å². The molecule has 0 unspecified atom stereocenters. The second-order valence-electron chi connectivity index (χ2n) is 6.30. The Labute approximate surface area is 150 Å². The molecular weight excluding hydrogens is 344 g/mol. The highest BCUT2D eigenvalue weighted by molar-refractivity contribution is 5.94. The first kappa shape index (κ1) is 20.3. The number of nitrogens with zero attached hydrogens (tertiary/aromatic N) is 1. The first-order valence-electron chi connectivity index (χ1n) is 8.24. The zero-order valence-corrected chi connectivity index (χ0v) is 14.5. The van der Waals surface area contributed by atoms with Crippen LogP contribution >= 0.6 is 0 Å². The Morgan fingerprint density at radius 1 is 1.23 bits per heavy atom. The fourth-order valence-corrected chi connectivity index (χ4v) is 2.29. The molecule has 9 heteroatoms. The summed E-state index contributed by atoms with van der Waals surface area (Å²) in [5, 5.41) is 42.4. The summed E-state index contributed by atoms with van der Waals surface area (Å²) in [6, 6.07) is 5.98. The summed E-state index contributed by atoms with van der Waals surface area (Å²) in [7, 11) is 0. The fourth-order valence-electron chi connectivity index (χ4n) is 2.29. The van der Waals surface area contributed by atoms with Crippen molar-refractivity contribution in [2.45, 2.75) is 44.6 Å². The van der Waals surface area contributed by atoms with Crippen molar-refractivity contribution in [1.82, 2.24) is 5.43 Å². The van der Waals surface area contributed by atoms with Gasteiger partial charge in [0.05, 0.1) is 6.61 Å². The van der Waals surface area contributed by atoms with Gasteiger partial charge >= 0.3 is 0 Å². The van der Waals surface area contributed by atoms with Crippen LogP contribution in [-0.4, -0.2) is 69.9 Å². The SMILES string of the molecule is CC(C)/C=N/NC(=O)c1ccc(O[C@@H]2O[C@H](CO)[C@@H](O)[C@H](O)[C@H]2O)cc1. The van der Waals surface area contributed by atoms with E-state index in [1.54, 1.807) is 6.21 Å². The third kappa shape index (κ3) is 4.99. The second-order valence-corrected chi connectivity index (χ2v) is 6.30. The molecule has 1 fully saturated rings. The van der Waals surface area contributed by atoms with Crippen LogP contribution in [0.3, 0.4) is 0 Å². The first-order chi connectivity index (χ1) is 12.3. The summed E-state index contributed by atoms with van der Waals surface area (Å²) >= 11 is 0. The number of carbonyl (C=O) groups is 1. The van der Waals surface area contributed by atoms with Gasteiger partial charge in [-0.05, 0) is 30.2 Å². The van der Waals surface area contributed by atoms with Crippen LogP contribution in [0, 0.1) is 5.92 Å². The van der Waals surface area contributed by atoms with Crippen molar-refractivity contribution in [3.63, 3.8) is 0 Å². The number of ether oxygens (including phenoxy) is 2. The van der Waals surface area contributed by atoms with E-state index in [0.717, 1.165) is 0 Å². The first-order valence-corrected chi connectivity index (χ1v) is 8.24. The van der Waals surface area contributed by atoms with Gasteiger partial charge in [-0.15, -0.1) is 0 Å². The molecule has 0 spiro atoms. The number of benzene rings is 1. The molecule has 0 saturated carbocycles. The van der Waals surface area contributed by atoms with Crippen LogP contribution in [0.4, 0.5) is 0 Å². The summed E-state index contributed by atoms with van der Waals surface area (Å²) in [4.78, 5) is 11.9. The number of hydrogen-bond acceptors (Lipinski definition) is 8. The Morgan fingerprint density at radius 2 is 1.88 bits per heavy atom. The molecular formula is C17H24N2O7. The predicted molar refractivity (Wildman–Crippen MR) is 91.6 cm³/mol. The smallest absolute Gasteiger partial charge is 0.271 e. The van der Waals surface area contributed by atoms with E-state index in [1.165, 1.54) is 24.3 Å². The van der Waals surface area contributed by atoms with E-state index in [1.807, 2.05) is 13.8 Å². The minimum atomic E-state index is -1.52. The fraction of sp³-hybridized carbons (Fsp3) is 0.529. The van der Waals surface area contributed by atoms with Crippen LogP contribution in [-0.2, 0) is 4.74 Å². The Kier molecular flexibility index (Phi) is 7.06. The van der Waals surface area contributed by atoms with Gasteiger partial charge in [0.2, 0.25) is 6.29 Å². The molecule has 1 aliphatic heterocycles. The summed E-state index contributed by atoms with van der Waals surface area (Å²) in [5.41, 5.74) is 2.75. The molecule has 5 N–H and O–H groups in total. The molecule has 1 aliphatic rings. The van der Waals surface area contributed by atoms with Crippen molar-refractivity contribution >= 4 is 12.1 Å². The zero-order valence-electron chi connectivity index (χ0n) is 14.5. The number of hydrogen-bond donors (Lipinski definition) is 5. The third-order valence-corrected chi connectivity index (χ3v) is 3.76. The van der Waals surface area contributed by atoms with Gasteiger partial charge < -0.3 is 29.9 Å². The van der Waals surface area contributed by atoms with Crippen molar-refractivity contribution in [2.24, 2.45) is 11.0 Å². The average Bonchev–Trinajstić information content (AvgIpc) is 2.62. The van der Waals surface area contributed by atoms with Crippen molar-refractivity contribution in [3.8, 4) is 5.75 Å². The number of hydrazone groups is 1. The normalized spacial score (nSPS) is 29.1. The predicted octanol–water partition coefficient (Wildman–Crippen LogP) is -0.763. The molecule has 0 radical (unpaired) electrons. The molecule has 1 heterocycles. The van der Waals surface area contributed by atoms with Gasteiger partial charge in [-0.25, -0.2) is 5.43 Å². The van der Waals surface area contributed by atoms with Crippen LogP contribution in [0.15, 0.2) is 29.4 Å². The van der Waals surface area contributed by atoms with Crippen LogP contribution in [0.2, 0.25) is 0 Å². The van der Waals surface area contributed by atoms with E-state index in [0.29, 0.717) is 5.56 Å². The van der Waals surface area contributed by atoms with Crippen molar-refractivity contribution in [2.75, 3.05) is 6.61 Å². The summed E-state index contributed by atoms with van der Waals surface area (Å²) in [5.74, 6) is 0.0995. The topological polar surface area (TPSA) is 141 Å². The maximum atomic E-state index is 11.9. The Balaban J connectivity index is 1.99. The van der Waals surface area contributed by atoms with Gasteiger partial charge in [-0.3, -0.25) is 4.79 Å². The van der Waals surface area contributed by atoms with Gasteiger partial charge in [0, 0.05) is 11.8 Å². The minimum Gasteiger partial charge on any atom is -0.462 e. The van der Waals surface area contributed by atoms with Crippen LogP contribution < -0.4 is 10.2 Å². The molecule has 0 aliphatic carbocycles. The molecule has 1 saturated heterocycles. The summed E-state index contributed by atoms with van der Waals surface area (Å²) in [6.07, 6.45) is -5.19. The maximum absolute atomic E-state index is 11.9. The van der Waals surface area contributed by atoms with Crippen LogP contribution in [0.5, 0.6) is 5.75 Å². The summed E-state index contributed by atoms with van der Waals surface area (Å²) < 4.78 is 10.7. The van der Waals surface area contributed by atoms with Crippen LogP contribution in [0.1, 0.15) is 24.2 Å². The van der Waals surface area contributed by atoms with Crippen molar-refractivity contribution in [3.05, 3.63) is 29.8 Å². The Morgan fingerprint density at radius 3 is 2.46 bits per heavy atom. The van der Waals surface area contributed by atoms with E-state index < -0.39 is 37.3 Å². The minimum absolute atomic E-state index is 0.213. The Hall–Kier alpha value is -2.04. The van der Waals surface area contributed by atoms with Crippen LogP contribution in [0.25, 0.3) is 0 Å². The molecule has 26 heavy (non-hydrogen) atoms. The lowest BCUT2D eigenvalue weighted by Crippen LogP contribution is -2.60. The zero-order chi connectivity index (χ0) is 19.3. The highest BCUT2D eigenvalue weighted by atomic mass is 16.7. The molecule has 1 aromatic carbocycles. The number of aliphatic hydroxyl groups excluding tert-OH is 4. The molecule has 2 rings (SSSR count). The van der Waals surface area contributed by atoms with Crippen molar-refractivity contribution < 1.29 is 34.7 Å². The number of amides is 1. The highest BCUT2D eigenvalue weighted by Gasteiger charge is 2.44. The summed E-state index contributed by atoms with van der Waals surface area (Å²) in [6.45, 7) is 3.32. The number of rotatable bonds is 6. The number of carbonyl (C=O) groups excluding carboxylic acids is 1. The molecule has 0 bridgehead atoms. The quantitative estimate of drug-likeness (QED) is 0.328. The number of nitrogens with one attached hydrogen (secondary N) is 1. The monoisotopic (exact) mass is 368 g/mol. The molecule has 1 aromatic rings. The van der Waals surface area contributed by atoms with Gasteiger partial charge in [-0.1, -0.05) is 13.8 Å². The lowest BCUT2D eigenvalue weighted by atomic mass is 9.99. The largest absolute Gasteiger partial charge is 0.462 e. The van der Waals surface area contributed by atoms with E-state index >= 15 is 0 Å². The van der Waals surface area contributed by atoms with Gasteiger partial charge in [0.1, 0.15) is 30.2 Å². The molecule has 144 valence electrons. The lowest BCUT2D eigenvalue weighted by Gasteiger charge is -2.39. The molecule has 0 aromatic heterocycles. The Bertz CT molecular complexity index is 618. The second kappa shape index (κ2) is 9.06. The van der Waals surface area contributed by atoms with Crippen molar-refractivity contribution in [1.29, 1.82) is 0 Å². The standard InChI is InChI=1S/C17H24N2O7/c1-9(2)7-18-19-16(24)10-3-5-11(6-4-10)25-17-15(23)14(22)13(21)12(8-20)26-17/h3-7,9,12-15,17,20-23H,8H2,1-2H3,(H,19,24)/b18-7+/t12-,13-,14+,15-,17-/m1/s1. The number of aliphatic hydroxyl groups is 4. The molecule has 1 amide bonds. The van der Waals surface area contributed by atoms with E-state index in [-0.39, 0.29) is 17.6 Å². The van der Waals surface area contributed by atoms with E-state index in [4.69, 9.17) is 14.6 Å².